The Hall–Kier alpha value is -1.60. The van der Waals surface area contributed by atoms with Gasteiger partial charge in [0.25, 0.3) is 5.91 Å². The van der Waals surface area contributed by atoms with Crippen LogP contribution in [0.5, 0.6) is 5.75 Å². The Balaban J connectivity index is 1.72. The summed E-state index contributed by atoms with van der Waals surface area (Å²) in [6.07, 6.45) is 3.37. The predicted molar refractivity (Wildman–Crippen MR) is 96.7 cm³/mol. The summed E-state index contributed by atoms with van der Waals surface area (Å²) in [7, 11) is -3.12. The number of hydrogen-bond donors (Lipinski definition) is 1. The lowest BCUT2D eigenvalue weighted by Gasteiger charge is -2.35. The summed E-state index contributed by atoms with van der Waals surface area (Å²) in [6.45, 7) is 4.24. The SMILES string of the molecule is CCOc1cccc(C(=O)NC2CS(=O)(=O)CC2N2CCCCC2)c1. The number of piperidine rings is 1. The molecule has 2 fully saturated rings. The molecule has 2 aliphatic heterocycles. The minimum absolute atomic E-state index is 0.0189. The number of sulfone groups is 1. The minimum Gasteiger partial charge on any atom is -0.494 e. The second-order valence-electron chi connectivity index (χ2n) is 6.78. The van der Waals surface area contributed by atoms with Gasteiger partial charge in [0.1, 0.15) is 5.75 Å². The summed E-state index contributed by atoms with van der Waals surface area (Å²) in [5.74, 6) is 0.551. The molecule has 2 heterocycles. The third-order valence-corrected chi connectivity index (χ3v) is 6.62. The van der Waals surface area contributed by atoms with Gasteiger partial charge in [0.2, 0.25) is 0 Å². The van der Waals surface area contributed by atoms with E-state index in [1.165, 1.54) is 6.42 Å². The maximum atomic E-state index is 12.6. The smallest absolute Gasteiger partial charge is 0.251 e. The van der Waals surface area contributed by atoms with Crippen LogP contribution in [0.1, 0.15) is 36.5 Å². The van der Waals surface area contributed by atoms with Gasteiger partial charge in [-0.05, 0) is 51.1 Å². The van der Waals surface area contributed by atoms with Crippen molar-refractivity contribution in [2.75, 3.05) is 31.2 Å². The standard InChI is InChI=1S/C18H26N2O4S/c1-2-24-15-8-6-7-14(11-15)18(21)19-16-12-25(22,23)13-17(16)20-9-4-3-5-10-20/h6-8,11,16-17H,2-5,9-10,12-13H2,1H3,(H,19,21). The Bertz CT molecular complexity index is 714. The summed E-state index contributed by atoms with van der Waals surface area (Å²) in [5, 5.41) is 2.95. The number of benzene rings is 1. The Morgan fingerprint density at radius 1 is 1.24 bits per heavy atom. The second kappa shape index (κ2) is 7.74. The zero-order valence-electron chi connectivity index (χ0n) is 14.6. The van der Waals surface area contributed by atoms with Gasteiger partial charge in [-0.25, -0.2) is 8.42 Å². The highest BCUT2D eigenvalue weighted by atomic mass is 32.2. The van der Waals surface area contributed by atoms with E-state index in [9.17, 15) is 13.2 Å². The lowest BCUT2D eigenvalue weighted by molar-refractivity contribution is 0.0899. The predicted octanol–water partition coefficient (Wildman–Crippen LogP) is 1.47. The minimum atomic E-state index is -3.12. The van der Waals surface area contributed by atoms with E-state index in [4.69, 9.17) is 4.74 Å². The molecule has 0 radical (unpaired) electrons. The summed E-state index contributed by atoms with van der Waals surface area (Å²) in [4.78, 5) is 14.8. The van der Waals surface area contributed by atoms with E-state index in [1.807, 2.05) is 6.92 Å². The molecule has 3 rings (SSSR count). The van der Waals surface area contributed by atoms with Crippen LogP contribution in [0.15, 0.2) is 24.3 Å². The van der Waals surface area contributed by atoms with E-state index >= 15 is 0 Å². The fourth-order valence-corrected chi connectivity index (χ4v) is 5.67. The van der Waals surface area contributed by atoms with Gasteiger partial charge in [0.15, 0.2) is 9.84 Å². The van der Waals surface area contributed by atoms with Crippen LogP contribution < -0.4 is 10.1 Å². The number of rotatable bonds is 5. The van der Waals surface area contributed by atoms with Gasteiger partial charge in [-0.3, -0.25) is 9.69 Å². The third-order valence-electron chi connectivity index (χ3n) is 4.91. The zero-order chi connectivity index (χ0) is 17.9. The van der Waals surface area contributed by atoms with Crippen LogP contribution >= 0.6 is 0 Å². The summed E-state index contributed by atoms with van der Waals surface area (Å²) in [5.41, 5.74) is 0.493. The Labute approximate surface area is 149 Å². The fourth-order valence-electron chi connectivity index (χ4n) is 3.72. The number of nitrogens with zero attached hydrogens (tertiary/aromatic N) is 1. The van der Waals surface area contributed by atoms with Crippen LogP contribution in [0.4, 0.5) is 0 Å². The van der Waals surface area contributed by atoms with Gasteiger partial charge in [0, 0.05) is 11.6 Å². The number of hydrogen-bond acceptors (Lipinski definition) is 5. The molecule has 0 aromatic heterocycles. The maximum absolute atomic E-state index is 12.6. The number of amides is 1. The molecule has 7 heteroatoms. The molecule has 1 N–H and O–H groups in total. The molecule has 0 saturated carbocycles. The van der Waals surface area contributed by atoms with Crippen LogP contribution in [-0.4, -0.2) is 62.5 Å². The maximum Gasteiger partial charge on any atom is 0.251 e. The highest BCUT2D eigenvalue weighted by molar-refractivity contribution is 7.91. The largest absolute Gasteiger partial charge is 0.494 e. The first-order valence-corrected chi connectivity index (χ1v) is 10.8. The molecule has 138 valence electrons. The van der Waals surface area contributed by atoms with Gasteiger partial charge in [-0.2, -0.15) is 0 Å². The van der Waals surface area contributed by atoms with Gasteiger partial charge in [-0.1, -0.05) is 12.5 Å². The van der Waals surface area contributed by atoms with E-state index in [0.717, 1.165) is 25.9 Å². The molecule has 0 spiro atoms. The van der Waals surface area contributed by atoms with Crippen molar-refractivity contribution in [3.8, 4) is 5.75 Å². The van der Waals surface area contributed by atoms with Crippen molar-refractivity contribution in [1.29, 1.82) is 0 Å². The van der Waals surface area contributed by atoms with Gasteiger partial charge in [-0.15, -0.1) is 0 Å². The van der Waals surface area contributed by atoms with Gasteiger partial charge >= 0.3 is 0 Å². The van der Waals surface area contributed by atoms with E-state index in [-0.39, 0.29) is 29.5 Å². The van der Waals surface area contributed by atoms with Crippen molar-refractivity contribution in [2.45, 2.75) is 38.3 Å². The second-order valence-corrected chi connectivity index (χ2v) is 8.94. The molecular weight excluding hydrogens is 340 g/mol. The van der Waals surface area contributed by atoms with Crippen molar-refractivity contribution in [3.05, 3.63) is 29.8 Å². The highest BCUT2D eigenvalue weighted by Gasteiger charge is 2.41. The van der Waals surface area contributed by atoms with Crippen molar-refractivity contribution >= 4 is 15.7 Å². The molecule has 2 atom stereocenters. The first kappa shape index (κ1) is 18.2. The summed E-state index contributed by atoms with van der Waals surface area (Å²) >= 11 is 0. The quantitative estimate of drug-likeness (QED) is 0.854. The van der Waals surface area contributed by atoms with Crippen molar-refractivity contribution < 1.29 is 17.9 Å². The Morgan fingerprint density at radius 3 is 2.72 bits per heavy atom. The molecule has 0 aliphatic carbocycles. The molecule has 2 saturated heterocycles. The monoisotopic (exact) mass is 366 g/mol. The summed E-state index contributed by atoms with van der Waals surface area (Å²) < 4.78 is 29.7. The molecule has 1 aromatic carbocycles. The molecule has 2 aliphatic rings. The Kier molecular flexibility index (Phi) is 5.64. The lowest BCUT2D eigenvalue weighted by Crippen LogP contribution is -2.52. The first-order chi connectivity index (χ1) is 12.0. The molecular formula is C18H26N2O4S. The molecule has 6 nitrogen and oxygen atoms in total. The number of likely N-dealkylation sites (tertiary alicyclic amines) is 1. The van der Waals surface area contributed by atoms with Crippen molar-refractivity contribution in [1.82, 2.24) is 10.2 Å². The highest BCUT2D eigenvalue weighted by Crippen LogP contribution is 2.23. The normalized spacial score (nSPS) is 26.3. The molecule has 0 bridgehead atoms. The van der Waals surface area contributed by atoms with E-state index in [1.54, 1.807) is 24.3 Å². The first-order valence-electron chi connectivity index (χ1n) is 8.97. The van der Waals surface area contributed by atoms with Gasteiger partial charge in [0.05, 0.1) is 24.2 Å². The van der Waals surface area contributed by atoms with E-state index in [0.29, 0.717) is 17.9 Å². The van der Waals surface area contributed by atoms with E-state index < -0.39 is 9.84 Å². The van der Waals surface area contributed by atoms with Crippen LogP contribution in [0.3, 0.4) is 0 Å². The van der Waals surface area contributed by atoms with Crippen molar-refractivity contribution in [2.24, 2.45) is 0 Å². The lowest BCUT2D eigenvalue weighted by atomic mass is 10.0. The van der Waals surface area contributed by atoms with Crippen LogP contribution in [0.2, 0.25) is 0 Å². The molecule has 1 amide bonds. The average Bonchev–Trinajstić information content (AvgIpc) is 2.90. The number of nitrogens with one attached hydrogen (secondary N) is 1. The fraction of sp³-hybridized carbons (Fsp3) is 0.611. The van der Waals surface area contributed by atoms with Crippen LogP contribution in [0, 0.1) is 0 Å². The van der Waals surface area contributed by atoms with E-state index in [2.05, 4.69) is 10.2 Å². The zero-order valence-corrected chi connectivity index (χ0v) is 15.4. The molecule has 2 unspecified atom stereocenters. The molecule has 25 heavy (non-hydrogen) atoms. The summed E-state index contributed by atoms with van der Waals surface area (Å²) in [6, 6.07) is 6.51. The number of carbonyl (C=O) groups is 1. The van der Waals surface area contributed by atoms with Crippen molar-refractivity contribution in [3.63, 3.8) is 0 Å². The molecule has 1 aromatic rings. The van der Waals surface area contributed by atoms with Crippen LogP contribution in [0.25, 0.3) is 0 Å². The topological polar surface area (TPSA) is 75.7 Å². The average molecular weight is 366 g/mol. The third kappa shape index (κ3) is 4.52. The Morgan fingerprint density at radius 2 is 2.00 bits per heavy atom. The number of ether oxygens (including phenoxy) is 1. The number of carbonyl (C=O) groups excluding carboxylic acids is 1. The van der Waals surface area contributed by atoms with Gasteiger partial charge < -0.3 is 10.1 Å². The van der Waals surface area contributed by atoms with Crippen LogP contribution in [-0.2, 0) is 9.84 Å².